The average molecular weight is 318 g/mol. The Hall–Kier alpha value is -1.90. The van der Waals surface area contributed by atoms with Crippen LogP contribution in [0.3, 0.4) is 0 Å². The fourth-order valence-corrected chi connectivity index (χ4v) is 4.00. The van der Waals surface area contributed by atoms with Crippen molar-refractivity contribution in [3.05, 3.63) is 44.5 Å². The number of amides is 1. The van der Waals surface area contributed by atoms with E-state index in [2.05, 4.69) is 16.4 Å². The molecule has 1 aliphatic carbocycles. The number of rotatable bonds is 2. The second kappa shape index (κ2) is 5.47. The van der Waals surface area contributed by atoms with Gasteiger partial charge in [0.25, 0.3) is 5.91 Å². The molecule has 0 aromatic carbocycles. The molecule has 3 rings (SSSR count). The molecule has 1 amide bonds. The third-order valence-electron chi connectivity index (χ3n) is 3.49. The highest BCUT2D eigenvalue weighted by Gasteiger charge is 2.23. The molecule has 0 unspecified atom stereocenters. The summed E-state index contributed by atoms with van der Waals surface area (Å²) in [6, 6.07) is 3.85. The number of carbonyl (C=O) groups is 1. The Balaban J connectivity index is 1.91. The zero-order chi connectivity index (χ0) is 15.0. The van der Waals surface area contributed by atoms with Crippen LogP contribution in [-0.4, -0.2) is 10.9 Å². The van der Waals surface area contributed by atoms with E-state index in [0.717, 1.165) is 30.5 Å². The molecule has 0 atom stereocenters. The first-order valence-corrected chi connectivity index (χ1v) is 7.77. The van der Waals surface area contributed by atoms with Gasteiger partial charge in [-0.2, -0.15) is 5.26 Å². The Morgan fingerprint density at radius 1 is 1.52 bits per heavy atom. The summed E-state index contributed by atoms with van der Waals surface area (Å²) in [7, 11) is 0. The van der Waals surface area contributed by atoms with Crippen molar-refractivity contribution in [3.63, 3.8) is 0 Å². The SMILES string of the molecule is Cc1cc(Cl)c(C(=O)Nc2sc3c(c2C#N)CCC3)cn1. The fraction of sp³-hybridized carbons (Fsp3) is 0.267. The van der Waals surface area contributed by atoms with E-state index in [9.17, 15) is 10.1 Å². The molecule has 21 heavy (non-hydrogen) atoms. The minimum atomic E-state index is -0.330. The first-order valence-electron chi connectivity index (χ1n) is 6.58. The Labute approximate surface area is 131 Å². The minimum absolute atomic E-state index is 0.319. The van der Waals surface area contributed by atoms with Crippen LogP contribution in [0.25, 0.3) is 0 Å². The predicted molar refractivity (Wildman–Crippen MR) is 83.0 cm³/mol. The molecule has 1 N–H and O–H groups in total. The van der Waals surface area contributed by atoms with E-state index in [1.54, 1.807) is 6.07 Å². The fourth-order valence-electron chi connectivity index (χ4n) is 2.47. The van der Waals surface area contributed by atoms with E-state index in [1.165, 1.54) is 22.4 Å². The van der Waals surface area contributed by atoms with Crippen LogP contribution in [0, 0.1) is 18.3 Å². The van der Waals surface area contributed by atoms with E-state index < -0.39 is 0 Å². The van der Waals surface area contributed by atoms with Crippen LogP contribution in [0.4, 0.5) is 5.00 Å². The van der Waals surface area contributed by atoms with Gasteiger partial charge in [0, 0.05) is 16.8 Å². The number of hydrogen-bond acceptors (Lipinski definition) is 4. The number of hydrogen-bond donors (Lipinski definition) is 1. The number of fused-ring (bicyclic) bond motifs is 1. The topological polar surface area (TPSA) is 65.8 Å². The maximum atomic E-state index is 12.3. The zero-order valence-electron chi connectivity index (χ0n) is 11.4. The molecule has 0 spiro atoms. The summed E-state index contributed by atoms with van der Waals surface area (Å²) < 4.78 is 0. The summed E-state index contributed by atoms with van der Waals surface area (Å²) in [5, 5.41) is 13.1. The maximum absolute atomic E-state index is 12.3. The molecule has 0 saturated heterocycles. The second-order valence-corrected chi connectivity index (χ2v) is 6.45. The second-order valence-electron chi connectivity index (χ2n) is 4.93. The first-order chi connectivity index (χ1) is 10.1. The van der Waals surface area contributed by atoms with E-state index in [0.29, 0.717) is 21.2 Å². The van der Waals surface area contributed by atoms with Gasteiger partial charge in [-0.1, -0.05) is 11.6 Å². The van der Waals surface area contributed by atoms with Crippen molar-refractivity contribution in [2.45, 2.75) is 26.2 Å². The Morgan fingerprint density at radius 3 is 3.05 bits per heavy atom. The van der Waals surface area contributed by atoms with Gasteiger partial charge in [-0.3, -0.25) is 9.78 Å². The van der Waals surface area contributed by atoms with Gasteiger partial charge in [0.1, 0.15) is 11.1 Å². The van der Waals surface area contributed by atoms with Crippen molar-refractivity contribution < 1.29 is 4.79 Å². The normalized spacial score (nSPS) is 12.8. The summed E-state index contributed by atoms with van der Waals surface area (Å²) >= 11 is 7.56. The average Bonchev–Trinajstić information content (AvgIpc) is 2.98. The number of thiophene rings is 1. The van der Waals surface area contributed by atoms with Crippen LogP contribution in [0.2, 0.25) is 5.02 Å². The highest BCUT2D eigenvalue weighted by Crippen LogP contribution is 2.38. The van der Waals surface area contributed by atoms with E-state index in [4.69, 9.17) is 11.6 Å². The molecular formula is C15H12ClN3OS. The monoisotopic (exact) mass is 317 g/mol. The van der Waals surface area contributed by atoms with Crippen LogP contribution < -0.4 is 5.32 Å². The number of halogens is 1. The lowest BCUT2D eigenvalue weighted by atomic mass is 10.1. The summed E-state index contributed by atoms with van der Waals surface area (Å²) in [5.41, 5.74) is 2.76. The van der Waals surface area contributed by atoms with Gasteiger partial charge in [-0.05, 0) is 37.8 Å². The molecule has 0 aliphatic heterocycles. The highest BCUT2D eigenvalue weighted by molar-refractivity contribution is 7.16. The van der Waals surface area contributed by atoms with Crippen molar-refractivity contribution in [2.75, 3.05) is 5.32 Å². The quantitative estimate of drug-likeness (QED) is 0.918. The van der Waals surface area contributed by atoms with Crippen molar-refractivity contribution in [3.8, 4) is 6.07 Å². The molecule has 106 valence electrons. The number of carbonyl (C=O) groups excluding carboxylic acids is 1. The van der Waals surface area contributed by atoms with Crippen LogP contribution >= 0.6 is 22.9 Å². The molecule has 0 fully saturated rings. The molecule has 6 heteroatoms. The van der Waals surface area contributed by atoms with Gasteiger partial charge >= 0.3 is 0 Å². The van der Waals surface area contributed by atoms with E-state index >= 15 is 0 Å². The van der Waals surface area contributed by atoms with E-state index in [-0.39, 0.29) is 5.91 Å². The Bertz CT molecular complexity index is 776. The Morgan fingerprint density at radius 2 is 2.33 bits per heavy atom. The van der Waals surface area contributed by atoms with Gasteiger partial charge < -0.3 is 5.32 Å². The summed E-state index contributed by atoms with van der Waals surface area (Å²) in [6.07, 6.45) is 4.44. The molecule has 2 aromatic heterocycles. The lowest BCUT2D eigenvalue weighted by molar-refractivity contribution is 0.102. The molecule has 2 aromatic rings. The van der Waals surface area contributed by atoms with Gasteiger partial charge in [0.15, 0.2) is 0 Å². The number of aryl methyl sites for hydroxylation is 2. The minimum Gasteiger partial charge on any atom is -0.312 e. The zero-order valence-corrected chi connectivity index (χ0v) is 12.9. The van der Waals surface area contributed by atoms with E-state index in [1.807, 2.05) is 6.92 Å². The van der Waals surface area contributed by atoms with Gasteiger partial charge in [0.05, 0.1) is 16.1 Å². The third-order valence-corrected chi connectivity index (χ3v) is 5.01. The van der Waals surface area contributed by atoms with Gasteiger partial charge in [-0.15, -0.1) is 11.3 Å². The van der Waals surface area contributed by atoms with Crippen molar-refractivity contribution >= 4 is 33.8 Å². The lowest BCUT2D eigenvalue weighted by Gasteiger charge is -2.06. The standard InChI is InChI=1S/C15H12ClN3OS/c1-8-5-12(16)11(7-18-8)14(20)19-15-10(6-17)9-3-2-4-13(9)21-15/h5,7H,2-4H2,1H3,(H,19,20). The number of anilines is 1. The van der Waals surface area contributed by atoms with Crippen LogP contribution in [0.5, 0.6) is 0 Å². The predicted octanol–water partition coefficient (Wildman–Crippen LogP) is 3.72. The molecule has 1 aliphatic rings. The Kier molecular flexibility index (Phi) is 3.66. The van der Waals surface area contributed by atoms with Crippen molar-refractivity contribution in [1.82, 2.24) is 4.98 Å². The number of nitrogens with zero attached hydrogens (tertiary/aromatic N) is 2. The molecule has 4 nitrogen and oxygen atoms in total. The molecule has 0 radical (unpaired) electrons. The highest BCUT2D eigenvalue weighted by atomic mass is 35.5. The number of aromatic nitrogens is 1. The lowest BCUT2D eigenvalue weighted by Crippen LogP contribution is -2.13. The van der Waals surface area contributed by atoms with Crippen LogP contribution in [0.1, 0.15) is 38.5 Å². The maximum Gasteiger partial charge on any atom is 0.259 e. The van der Waals surface area contributed by atoms with Crippen LogP contribution in [-0.2, 0) is 12.8 Å². The molecule has 0 bridgehead atoms. The number of nitrogens with one attached hydrogen (secondary N) is 1. The molecular weight excluding hydrogens is 306 g/mol. The largest absolute Gasteiger partial charge is 0.312 e. The molecule has 0 saturated carbocycles. The van der Waals surface area contributed by atoms with Gasteiger partial charge in [0.2, 0.25) is 0 Å². The van der Waals surface area contributed by atoms with Crippen LogP contribution in [0.15, 0.2) is 12.3 Å². The number of pyridine rings is 1. The molecule has 2 heterocycles. The summed E-state index contributed by atoms with van der Waals surface area (Å²) in [5.74, 6) is -0.330. The summed E-state index contributed by atoms with van der Waals surface area (Å²) in [6.45, 7) is 1.81. The summed E-state index contributed by atoms with van der Waals surface area (Å²) in [4.78, 5) is 17.6. The van der Waals surface area contributed by atoms with Crippen molar-refractivity contribution in [1.29, 1.82) is 5.26 Å². The van der Waals surface area contributed by atoms with Crippen molar-refractivity contribution in [2.24, 2.45) is 0 Å². The third kappa shape index (κ3) is 2.53. The smallest absolute Gasteiger partial charge is 0.259 e. The first kappa shape index (κ1) is 14.1. The van der Waals surface area contributed by atoms with Gasteiger partial charge in [-0.25, -0.2) is 0 Å². The number of nitriles is 1.